The Morgan fingerprint density at radius 1 is 1.21 bits per heavy atom. The summed E-state index contributed by atoms with van der Waals surface area (Å²) in [5.41, 5.74) is 1.19. The van der Waals surface area contributed by atoms with Gasteiger partial charge in [0, 0.05) is 34.7 Å². The zero-order valence-electron chi connectivity index (χ0n) is 19.2. The van der Waals surface area contributed by atoms with Gasteiger partial charge in [0.1, 0.15) is 0 Å². The van der Waals surface area contributed by atoms with Crippen molar-refractivity contribution in [3.05, 3.63) is 83.6 Å². The highest BCUT2D eigenvalue weighted by Crippen LogP contribution is 2.49. The van der Waals surface area contributed by atoms with E-state index in [2.05, 4.69) is 4.98 Å². The van der Waals surface area contributed by atoms with Gasteiger partial charge in [-0.25, -0.2) is 9.79 Å². The van der Waals surface area contributed by atoms with E-state index in [0.717, 1.165) is 23.2 Å². The standard InChI is InChI=1S/C25H23Cl2N3O4/c1-12-11-30(23(33)29-22(12)32)25(8-7-13(2)34-25)14-5-6-17-15(9-14)24(3,4)19-18(28-17)10-16(26)21(31)20(19)27/h5-6,9-11,13H,7-8H2,1-4H3,(H,29,32,33)/t13-,25+/m1/s1. The van der Waals surface area contributed by atoms with Crippen molar-refractivity contribution in [3.63, 3.8) is 0 Å². The SMILES string of the molecule is Cc1cn([C@@]2(c3ccc4c(c3)C(C)(C)C3=C(Cl)C(=O)C(Cl)=CC3=N4)CC[C@@H](C)O2)c(=O)[nH]c1=O. The van der Waals surface area contributed by atoms with E-state index in [4.69, 9.17) is 32.9 Å². The third kappa shape index (κ3) is 3.21. The van der Waals surface area contributed by atoms with Gasteiger partial charge < -0.3 is 4.74 Å². The Morgan fingerprint density at radius 2 is 1.94 bits per heavy atom. The Morgan fingerprint density at radius 3 is 2.62 bits per heavy atom. The van der Waals surface area contributed by atoms with Crippen LogP contribution in [0.4, 0.5) is 5.69 Å². The van der Waals surface area contributed by atoms with Gasteiger partial charge in [0.2, 0.25) is 5.78 Å². The van der Waals surface area contributed by atoms with E-state index in [0.29, 0.717) is 23.3 Å². The summed E-state index contributed by atoms with van der Waals surface area (Å²) in [6, 6.07) is 5.72. The molecule has 0 unspecified atom stereocenters. The summed E-state index contributed by atoms with van der Waals surface area (Å²) >= 11 is 12.6. The second kappa shape index (κ2) is 7.63. The molecule has 7 nitrogen and oxygen atoms in total. The predicted octanol–water partition coefficient (Wildman–Crippen LogP) is 4.31. The molecule has 176 valence electrons. The number of nitrogens with zero attached hydrogens (tertiary/aromatic N) is 2. The molecular formula is C25H23Cl2N3O4. The van der Waals surface area contributed by atoms with Crippen LogP contribution < -0.4 is 11.2 Å². The van der Waals surface area contributed by atoms with Crippen molar-refractivity contribution < 1.29 is 9.53 Å². The highest BCUT2D eigenvalue weighted by molar-refractivity contribution is 6.58. The molecule has 34 heavy (non-hydrogen) atoms. The Bertz CT molecular complexity index is 1480. The van der Waals surface area contributed by atoms with Gasteiger partial charge in [-0.1, -0.05) is 43.1 Å². The highest BCUT2D eigenvalue weighted by atomic mass is 35.5. The molecule has 1 N–H and O–H groups in total. The van der Waals surface area contributed by atoms with Gasteiger partial charge in [0.25, 0.3) is 5.56 Å². The van der Waals surface area contributed by atoms with Crippen LogP contribution in [-0.4, -0.2) is 27.1 Å². The lowest BCUT2D eigenvalue weighted by Gasteiger charge is -2.38. The number of rotatable bonds is 2. The second-order valence-corrected chi connectivity index (χ2v) is 10.3. The van der Waals surface area contributed by atoms with Gasteiger partial charge in [0.15, 0.2) is 5.72 Å². The van der Waals surface area contributed by atoms with Gasteiger partial charge in [-0.15, -0.1) is 0 Å². The predicted molar refractivity (Wildman–Crippen MR) is 131 cm³/mol. The molecule has 3 aliphatic rings. The lowest BCUT2D eigenvalue weighted by Crippen LogP contribution is -2.45. The van der Waals surface area contributed by atoms with Crippen LogP contribution in [0.2, 0.25) is 0 Å². The van der Waals surface area contributed by atoms with E-state index in [1.807, 2.05) is 39.0 Å². The molecule has 1 fully saturated rings. The first-order valence-electron chi connectivity index (χ1n) is 11.0. The number of allylic oxidation sites excluding steroid dienone is 4. The van der Waals surface area contributed by atoms with Gasteiger partial charge in [-0.3, -0.25) is 19.1 Å². The van der Waals surface area contributed by atoms with Crippen LogP contribution in [0.3, 0.4) is 0 Å². The van der Waals surface area contributed by atoms with Gasteiger partial charge >= 0.3 is 5.69 Å². The smallest absolute Gasteiger partial charge is 0.330 e. The van der Waals surface area contributed by atoms with Crippen molar-refractivity contribution in [2.45, 2.75) is 57.8 Å². The molecule has 2 aliphatic heterocycles. The second-order valence-electron chi connectivity index (χ2n) is 9.56. The van der Waals surface area contributed by atoms with Crippen molar-refractivity contribution in [3.8, 4) is 0 Å². The average Bonchev–Trinajstić information content (AvgIpc) is 3.16. The van der Waals surface area contributed by atoms with Gasteiger partial charge in [0.05, 0.1) is 27.6 Å². The maximum absolute atomic E-state index is 12.9. The quantitative estimate of drug-likeness (QED) is 0.623. The van der Waals surface area contributed by atoms with E-state index in [-0.39, 0.29) is 16.2 Å². The van der Waals surface area contributed by atoms with Crippen molar-refractivity contribution in [1.29, 1.82) is 0 Å². The van der Waals surface area contributed by atoms with Crippen LogP contribution in [0.1, 0.15) is 50.3 Å². The monoisotopic (exact) mass is 499 g/mol. The summed E-state index contributed by atoms with van der Waals surface area (Å²) < 4.78 is 7.87. The molecule has 9 heteroatoms. The number of aliphatic imine (C=N–C) groups is 1. The lowest BCUT2D eigenvalue weighted by molar-refractivity contribution is -0.111. The molecule has 0 saturated carbocycles. The fraction of sp³-hybridized carbons (Fsp3) is 0.360. The molecule has 1 aromatic carbocycles. The molecule has 0 amide bonds. The zero-order chi connectivity index (χ0) is 24.6. The zero-order valence-corrected chi connectivity index (χ0v) is 20.7. The number of halogens is 2. The van der Waals surface area contributed by atoms with E-state index >= 15 is 0 Å². The minimum Gasteiger partial charge on any atom is -0.348 e. The fourth-order valence-corrected chi connectivity index (χ4v) is 5.81. The number of carbonyl (C=O) groups is 1. The van der Waals surface area contributed by atoms with Crippen LogP contribution in [0, 0.1) is 6.92 Å². The Kier molecular flexibility index (Phi) is 5.17. The van der Waals surface area contributed by atoms with Gasteiger partial charge in [-0.05, 0) is 44.0 Å². The fourth-order valence-electron chi connectivity index (χ4n) is 5.13. The van der Waals surface area contributed by atoms with Crippen molar-refractivity contribution in [2.24, 2.45) is 4.99 Å². The maximum atomic E-state index is 12.9. The Hall–Kier alpha value is -2.74. The minimum atomic E-state index is -1.09. The molecule has 2 aromatic rings. The normalized spacial score (nSPS) is 25.6. The Balaban J connectivity index is 1.75. The molecule has 1 aliphatic carbocycles. The molecule has 1 saturated heterocycles. The van der Waals surface area contributed by atoms with E-state index in [9.17, 15) is 14.4 Å². The van der Waals surface area contributed by atoms with E-state index in [1.54, 1.807) is 19.2 Å². The number of nitrogens with one attached hydrogen (secondary N) is 1. The largest absolute Gasteiger partial charge is 0.348 e. The summed E-state index contributed by atoms with van der Waals surface area (Å²) in [6.45, 7) is 7.56. The number of aryl methyl sites for hydroxylation is 1. The van der Waals surface area contributed by atoms with Crippen LogP contribution in [0.5, 0.6) is 0 Å². The number of ketones is 1. The maximum Gasteiger partial charge on any atom is 0.330 e. The number of aromatic amines is 1. The van der Waals surface area contributed by atoms with Gasteiger partial charge in [-0.2, -0.15) is 0 Å². The number of hydrogen-bond donors (Lipinski definition) is 1. The third-order valence-corrected chi connectivity index (χ3v) is 7.58. The number of aromatic nitrogens is 2. The molecule has 5 rings (SSSR count). The molecule has 0 spiro atoms. The number of benzene rings is 1. The summed E-state index contributed by atoms with van der Waals surface area (Å²) in [5, 5.41) is 0.0868. The first-order valence-corrected chi connectivity index (χ1v) is 11.8. The molecule has 2 atom stereocenters. The molecule has 3 heterocycles. The first kappa shape index (κ1) is 23.0. The molecule has 0 radical (unpaired) electrons. The van der Waals surface area contributed by atoms with Crippen LogP contribution in [0.25, 0.3) is 0 Å². The molecule has 0 bridgehead atoms. The van der Waals surface area contributed by atoms with E-state index < -0.39 is 28.2 Å². The highest BCUT2D eigenvalue weighted by Gasteiger charge is 2.46. The number of fused-ring (bicyclic) bond motifs is 2. The summed E-state index contributed by atoms with van der Waals surface area (Å²) in [7, 11) is 0. The van der Waals surface area contributed by atoms with E-state index in [1.165, 1.54) is 4.57 Å². The van der Waals surface area contributed by atoms with Crippen molar-refractivity contribution in [2.75, 3.05) is 0 Å². The number of ether oxygens (including phenoxy) is 1. The number of carbonyl (C=O) groups excluding carboxylic acids is 1. The van der Waals surface area contributed by atoms with Crippen molar-refractivity contribution >= 4 is 40.4 Å². The number of Topliss-reactive ketones (excluding diaryl/α,β-unsaturated/α-hetero) is 1. The van der Waals surface area contributed by atoms with Crippen molar-refractivity contribution in [1.82, 2.24) is 9.55 Å². The third-order valence-electron chi connectivity index (χ3n) is 6.94. The molecular weight excluding hydrogens is 477 g/mol. The van der Waals surface area contributed by atoms with Crippen LogP contribution >= 0.6 is 23.2 Å². The first-order chi connectivity index (χ1) is 16.0. The minimum absolute atomic E-state index is 0.0310. The Labute approximate surface area is 205 Å². The number of hydrogen-bond acceptors (Lipinski definition) is 5. The topological polar surface area (TPSA) is 93.5 Å². The summed E-state index contributed by atoms with van der Waals surface area (Å²) in [6.07, 6.45) is 4.30. The van der Waals surface area contributed by atoms with Crippen LogP contribution in [-0.2, 0) is 20.7 Å². The average molecular weight is 500 g/mol. The lowest BCUT2D eigenvalue weighted by atomic mass is 9.70. The summed E-state index contributed by atoms with van der Waals surface area (Å²) in [4.78, 5) is 44.5. The number of H-pyrrole nitrogens is 1. The molecule has 1 aromatic heterocycles. The van der Waals surface area contributed by atoms with Crippen LogP contribution in [0.15, 0.2) is 60.7 Å². The summed E-state index contributed by atoms with van der Waals surface area (Å²) in [5.74, 6) is -0.426.